The van der Waals surface area contributed by atoms with Crippen LogP contribution >= 0.6 is 0 Å². The Morgan fingerprint density at radius 1 is 0.944 bits per heavy atom. The van der Waals surface area contributed by atoms with Gasteiger partial charge >= 0.3 is 0 Å². The van der Waals surface area contributed by atoms with Crippen molar-refractivity contribution in [3.05, 3.63) is 59.7 Å². The minimum absolute atomic E-state index is 0.202. The van der Waals surface area contributed by atoms with Crippen molar-refractivity contribution in [1.29, 1.82) is 0 Å². The van der Waals surface area contributed by atoms with Gasteiger partial charge in [-0.25, -0.2) is 0 Å². The highest BCUT2D eigenvalue weighted by atomic mass is 16.5. The summed E-state index contributed by atoms with van der Waals surface area (Å²) < 4.78 is 10.5. The van der Waals surface area contributed by atoms with Crippen LogP contribution in [0, 0.1) is 0 Å². The van der Waals surface area contributed by atoms with Gasteiger partial charge in [-0.1, -0.05) is 30.3 Å². The van der Waals surface area contributed by atoms with E-state index >= 15 is 0 Å². The molecule has 0 saturated carbocycles. The fraction of sp³-hybridized carbons (Fsp3) is 0.200. The van der Waals surface area contributed by atoms with Crippen LogP contribution in [0.5, 0.6) is 11.5 Å². The Kier molecular flexibility index (Phi) is 3.85. The second kappa shape index (κ2) is 5.56. The molecule has 0 aliphatic rings. The van der Waals surface area contributed by atoms with Crippen molar-refractivity contribution in [1.82, 2.24) is 0 Å². The molecule has 0 aromatic heterocycles. The first-order valence-corrected chi connectivity index (χ1v) is 5.78. The van der Waals surface area contributed by atoms with Gasteiger partial charge in [0.2, 0.25) is 0 Å². The van der Waals surface area contributed by atoms with Gasteiger partial charge in [0.05, 0.1) is 20.3 Å². The zero-order chi connectivity index (χ0) is 13.0. The van der Waals surface area contributed by atoms with Crippen molar-refractivity contribution >= 4 is 0 Å². The summed E-state index contributed by atoms with van der Waals surface area (Å²) in [5.74, 6) is 1.50. The first kappa shape index (κ1) is 12.5. The van der Waals surface area contributed by atoms with Crippen molar-refractivity contribution in [2.24, 2.45) is 5.73 Å². The maximum atomic E-state index is 6.26. The smallest absolute Gasteiger partial charge is 0.127 e. The summed E-state index contributed by atoms with van der Waals surface area (Å²) in [5.41, 5.74) is 8.27. The van der Waals surface area contributed by atoms with Gasteiger partial charge in [-0.15, -0.1) is 0 Å². The highest BCUT2D eigenvalue weighted by Crippen LogP contribution is 2.31. The highest BCUT2D eigenvalue weighted by molar-refractivity contribution is 5.45. The molecule has 0 fully saturated rings. The Labute approximate surface area is 107 Å². The average molecular weight is 243 g/mol. The Bertz CT molecular complexity index is 511. The standard InChI is InChI=1S/C15H17NO2/c1-17-12-8-9-13(14(10-12)18-2)15(16)11-6-4-3-5-7-11/h3-10,15H,16H2,1-2H3/t15-/m1/s1. The van der Waals surface area contributed by atoms with E-state index in [1.165, 1.54) is 0 Å². The van der Waals surface area contributed by atoms with E-state index in [1.807, 2.05) is 48.5 Å². The molecule has 2 rings (SSSR count). The molecule has 94 valence electrons. The normalized spacial score (nSPS) is 11.9. The molecule has 0 aliphatic heterocycles. The predicted octanol–water partition coefficient (Wildman–Crippen LogP) is 2.75. The van der Waals surface area contributed by atoms with Crippen LogP contribution in [0.4, 0.5) is 0 Å². The fourth-order valence-electron chi connectivity index (χ4n) is 1.92. The van der Waals surface area contributed by atoms with Crippen LogP contribution in [-0.4, -0.2) is 14.2 Å². The number of ether oxygens (including phenoxy) is 2. The lowest BCUT2D eigenvalue weighted by Crippen LogP contribution is -2.13. The van der Waals surface area contributed by atoms with Crippen LogP contribution in [0.15, 0.2) is 48.5 Å². The summed E-state index contributed by atoms with van der Waals surface area (Å²) in [6.45, 7) is 0. The highest BCUT2D eigenvalue weighted by Gasteiger charge is 2.14. The minimum atomic E-state index is -0.202. The lowest BCUT2D eigenvalue weighted by molar-refractivity contribution is 0.390. The fourth-order valence-corrected chi connectivity index (χ4v) is 1.92. The van der Waals surface area contributed by atoms with E-state index < -0.39 is 0 Å². The summed E-state index contributed by atoms with van der Waals surface area (Å²) in [4.78, 5) is 0. The zero-order valence-corrected chi connectivity index (χ0v) is 10.6. The number of rotatable bonds is 4. The number of hydrogen-bond donors (Lipinski definition) is 1. The third-order valence-corrected chi connectivity index (χ3v) is 2.93. The van der Waals surface area contributed by atoms with Crippen LogP contribution < -0.4 is 15.2 Å². The second-order valence-corrected chi connectivity index (χ2v) is 4.00. The molecule has 18 heavy (non-hydrogen) atoms. The number of nitrogens with two attached hydrogens (primary N) is 1. The van der Waals surface area contributed by atoms with Crippen LogP contribution in [0.2, 0.25) is 0 Å². The van der Waals surface area contributed by atoms with E-state index in [-0.39, 0.29) is 6.04 Å². The van der Waals surface area contributed by atoms with Crippen molar-refractivity contribution in [3.63, 3.8) is 0 Å². The van der Waals surface area contributed by atoms with Gasteiger partial charge in [0.25, 0.3) is 0 Å². The molecule has 3 nitrogen and oxygen atoms in total. The third kappa shape index (κ3) is 2.46. The van der Waals surface area contributed by atoms with E-state index in [0.29, 0.717) is 0 Å². The Balaban J connectivity index is 2.38. The van der Waals surface area contributed by atoms with Crippen molar-refractivity contribution in [2.45, 2.75) is 6.04 Å². The first-order chi connectivity index (χ1) is 8.76. The van der Waals surface area contributed by atoms with Crippen LogP contribution in [0.3, 0.4) is 0 Å². The maximum Gasteiger partial charge on any atom is 0.127 e. The van der Waals surface area contributed by atoms with Crippen molar-refractivity contribution < 1.29 is 9.47 Å². The van der Waals surface area contributed by atoms with Crippen LogP contribution in [0.1, 0.15) is 17.2 Å². The largest absolute Gasteiger partial charge is 0.497 e. The Hall–Kier alpha value is -2.00. The van der Waals surface area contributed by atoms with Crippen LogP contribution in [0.25, 0.3) is 0 Å². The van der Waals surface area contributed by atoms with Gasteiger partial charge in [-0.3, -0.25) is 0 Å². The topological polar surface area (TPSA) is 44.5 Å². The van der Waals surface area contributed by atoms with Crippen molar-refractivity contribution in [3.8, 4) is 11.5 Å². The molecule has 0 unspecified atom stereocenters. The third-order valence-electron chi connectivity index (χ3n) is 2.93. The Morgan fingerprint density at radius 3 is 2.28 bits per heavy atom. The average Bonchev–Trinajstić information content (AvgIpc) is 2.46. The van der Waals surface area contributed by atoms with E-state index in [2.05, 4.69) is 0 Å². The molecule has 2 aromatic carbocycles. The molecular formula is C15H17NO2. The number of benzene rings is 2. The molecule has 2 N–H and O–H groups in total. The molecule has 2 aromatic rings. The molecular weight excluding hydrogens is 226 g/mol. The molecule has 0 aliphatic carbocycles. The van der Waals surface area contributed by atoms with E-state index in [1.54, 1.807) is 14.2 Å². The SMILES string of the molecule is COc1ccc([C@H](N)c2ccccc2)c(OC)c1. The minimum Gasteiger partial charge on any atom is -0.497 e. The summed E-state index contributed by atoms with van der Waals surface area (Å²) in [5, 5.41) is 0. The molecule has 0 radical (unpaired) electrons. The predicted molar refractivity (Wildman–Crippen MR) is 72.0 cm³/mol. The van der Waals surface area contributed by atoms with E-state index in [0.717, 1.165) is 22.6 Å². The second-order valence-electron chi connectivity index (χ2n) is 4.00. The lowest BCUT2D eigenvalue weighted by atomic mass is 9.98. The van der Waals surface area contributed by atoms with Gasteiger partial charge in [-0.05, 0) is 17.7 Å². The van der Waals surface area contributed by atoms with Crippen LogP contribution in [-0.2, 0) is 0 Å². The van der Waals surface area contributed by atoms with Gasteiger partial charge in [0, 0.05) is 11.6 Å². The Morgan fingerprint density at radius 2 is 1.67 bits per heavy atom. The molecule has 0 bridgehead atoms. The molecule has 0 heterocycles. The lowest BCUT2D eigenvalue weighted by Gasteiger charge is -2.16. The molecule has 0 saturated heterocycles. The molecule has 3 heteroatoms. The van der Waals surface area contributed by atoms with Crippen molar-refractivity contribution in [2.75, 3.05) is 14.2 Å². The quantitative estimate of drug-likeness (QED) is 0.898. The molecule has 0 amide bonds. The van der Waals surface area contributed by atoms with E-state index in [4.69, 9.17) is 15.2 Å². The molecule has 0 spiro atoms. The van der Waals surface area contributed by atoms with E-state index in [9.17, 15) is 0 Å². The summed E-state index contributed by atoms with van der Waals surface area (Å²) in [6.07, 6.45) is 0. The summed E-state index contributed by atoms with van der Waals surface area (Å²) >= 11 is 0. The maximum absolute atomic E-state index is 6.26. The van der Waals surface area contributed by atoms with Gasteiger partial charge < -0.3 is 15.2 Å². The van der Waals surface area contributed by atoms with Gasteiger partial charge in [0.1, 0.15) is 11.5 Å². The van der Waals surface area contributed by atoms with Gasteiger partial charge in [-0.2, -0.15) is 0 Å². The zero-order valence-electron chi connectivity index (χ0n) is 10.6. The van der Waals surface area contributed by atoms with Gasteiger partial charge in [0.15, 0.2) is 0 Å². The number of methoxy groups -OCH3 is 2. The summed E-state index contributed by atoms with van der Waals surface area (Å²) in [7, 11) is 3.27. The number of hydrogen-bond acceptors (Lipinski definition) is 3. The first-order valence-electron chi connectivity index (χ1n) is 5.78. The molecule has 1 atom stereocenters. The summed E-state index contributed by atoms with van der Waals surface area (Å²) in [6, 6.07) is 15.4. The monoisotopic (exact) mass is 243 g/mol.